The predicted octanol–water partition coefficient (Wildman–Crippen LogP) is 3.52. The first-order chi connectivity index (χ1) is 21.2. The first-order valence-corrected chi connectivity index (χ1v) is 14.1. The number of aromatic hydroxyl groups is 2. The molecule has 0 saturated heterocycles. The van der Waals surface area contributed by atoms with E-state index in [2.05, 4.69) is 30.4 Å². The third kappa shape index (κ3) is 9.53. The number of nitrogens with one attached hydrogen (secondary N) is 2. The van der Waals surface area contributed by atoms with Gasteiger partial charge in [0.05, 0.1) is 14.2 Å². The van der Waals surface area contributed by atoms with Crippen molar-refractivity contribution in [3.05, 3.63) is 71.1 Å². The van der Waals surface area contributed by atoms with Gasteiger partial charge < -0.3 is 40.1 Å². The Balaban J connectivity index is 0.00000552. The Hall–Kier alpha value is -4.42. The molecule has 4 N–H and O–H groups in total. The molecule has 2 aromatic rings. The number of ether oxygens (including phenoxy) is 2. The smallest absolute Gasteiger partial charge is 0.252 e. The average Bonchev–Trinajstić information content (AvgIpc) is 3.01. The molecule has 2 heterocycles. The van der Waals surface area contributed by atoms with Crippen molar-refractivity contribution in [2.75, 3.05) is 65.1 Å². The maximum Gasteiger partial charge on any atom is 0.252 e. The number of amides is 2. The number of rotatable bonds is 10. The van der Waals surface area contributed by atoms with Crippen molar-refractivity contribution in [1.82, 2.24) is 9.80 Å². The second-order valence-electron chi connectivity index (χ2n) is 10.5. The number of hydrogen-bond donors (Lipinski definition) is 4. The molecule has 4 rings (SSSR count). The molecule has 0 unspecified atom stereocenters. The Morgan fingerprint density at radius 1 is 0.756 bits per heavy atom. The van der Waals surface area contributed by atoms with Crippen LogP contribution in [0.2, 0.25) is 0 Å². The standard InChI is InChI=1S/C32H38N6O6.Mn/c1-37-11-5-7-21(19-37)31(41)35-25-13-23(29(39)27(15-25)43-3)17-33-9-10-34-18-24-14-26(16-28(44-4)30(24)40)36-32(42)22-8-6-12-38(2)20-22;/h7-10,13-18,39-40H,5-6,11-12,19-20H2,1-4H3,(H,35,41)(H,36,42);/b10-9-,33-17?,34-18?;. The second kappa shape index (κ2) is 16.6. The van der Waals surface area contributed by atoms with Crippen molar-refractivity contribution >= 4 is 35.6 Å². The van der Waals surface area contributed by atoms with Gasteiger partial charge in [-0.1, -0.05) is 12.2 Å². The molecule has 2 aliphatic heterocycles. The van der Waals surface area contributed by atoms with Gasteiger partial charge in [-0.25, -0.2) is 0 Å². The van der Waals surface area contributed by atoms with E-state index in [9.17, 15) is 19.8 Å². The summed E-state index contributed by atoms with van der Waals surface area (Å²) < 4.78 is 10.5. The maximum atomic E-state index is 12.8. The summed E-state index contributed by atoms with van der Waals surface area (Å²) in [7, 11) is 6.77. The maximum absolute atomic E-state index is 12.8. The van der Waals surface area contributed by atoms with Crippen LogP contribution in [0.15, 0.2) is 69.9 Å². The van der Waals surface area contributed by atoms with Crippen molar-refractivity contribution in [3.8, 4) is 23.0 Å². The summed E-state index contributed by atoms with van der Waals surface area (Å²) in [5, 5.41) is 26.9. The van der Waals surface area contributed by atoms with Gasteiger partial charge in [0.1, 0.15) is 0 Å². The Morgan fingerprint density at radius 2 is 1.16 bits per heavy atom. The van der Waals surface area contributed by atoms with Gasteiger partial charge in [0.2, 0.25) is 0 Å². The number of aliphatic imine (C=N–C) groups is 2. The number of methoxy groups -OCH3 is 2. The van der Waals surface area contributed by atoms with Gasteiger partial charge in [-0.05, 0) is 39.1 Å². The normalized spacial score (nSPS) is 15.9. The molecule has 13 heteroatoms. The van der Waals surface area contributed by atoms with Crippen LogP contribution >= 0.6 is 0 Å². The molecule has 12 nitrogen and oxygen atoms in total. The largest absolute Gasteiger partial charge is 0.504 e. The number of phenolic OH excluding ortho intramolecular Hbond substituents is 2. The predicted molar refractivity (Wildman–Crippen MR) is 171 cm³/mol. The van der Waals surface area contributed by atoms with E-state index in [1.807, 2.05) is 26.2 Å². The number of benzene rings is 2. The minimum absolute atomic E-state index is 0. The summed E-state index contributed by atoms with van der Waals surface area (Å²) in [5.74, 6) is -0.329. The van der Waals surface area contributed by atoms with Gasteiger partial charge in [-0.3, -0.25) is 19.6 Å². The van der Waals surface area contributed by atoms with Gasteiger partial charge in [-0.2, -0.15) is 0 Å². The van der Waals surface area contributed by atoms with E-state index in [1.165, 1.54) is 39.0 Å². The first-order valence-electron chi connectivity index (χ1n) is 14.1. The van der Waals surface area contributed by atoms with Crippen LogP contribution in [0, 0.1) is 0 Å². The summed E-state index contributed by atoms with van der Waals surface area (Å²) in [6.45, 7) is 2.91. The van der Waals surface area contributed by atoms with Crippen LogP contribution in [0.25, 0.3) is 0 Å². The van der Waals surface area contributed by atoms with Gasteiger partial charge in [0.15, 0.2) is 23.0 Å². The Morgan fingerprint density at radius 3 is 1.51 bits per heavy atom. The topological polar surface area (TPSA) is 148 Å². The van der Waals surface area contributed by atoms with Crippen LogP contribution in [0.4, 0.5) is 11.4 Å². The van der Waals surface area contributed by atoms with Gasteiger partial charge in [0, 0.05) is 114 Å². The van der Waals surface area contributed by atoms with Crippen molar-refractivity contribution < 1.29 is 46.3 Å². The van der Waals surface area contributed by atoms with E-state index in [0.717, 1.165) is 25.9 Å². The molecule has 2 aromatic carbocycles. The number of carbonyl (C=O) groups excluding carboxylic acids is 2. The summed E-state index contributed by atoms with van der Waals surface area (Å²) in [6, 6.07) is 6.27. The molecule has 239 valence electrons. The van der Waals surface area contributed by atoms with Gasteiger partial charge >= 0.3 is 0 Å². The number of likely N-dealkylation sites (N-methyl/N-ethyl adjacent to an activating group) is 2. The Kier molecular flexibility index (Phi) is 12.9. The zero-order valence-electron chi connectivity index (χ0n) is 25.7. The molecule has 0 spiro atoms. The zero-order valence-corrected chi connectivity index (χ0v) is 26.9. The van der Waals surface area contributed by atoms with E-state index in [0.29, 0.717) is 46.7 Å². The monoisotopic (exact) mass is 657 g/mol. The molecular weight excluding hydrogens is 619 g/mol. The van der Waals surface area contributed by atoms with Crippen LogP contribution in [-0.4, -0.2) is 98.8 Å². The number of hydrogen-bond acceptors (Lipinski definition) is 10. The molecule has 2 aliphatic rings. The molecule has 45 heavy (non-hydrogen) atoms. The van der Waals surface area contributed by atoms with Crippen LogP contribution in [0.3, 0.4) is 0 Å². The summed E-state index contributed by atoms with van der Waals surface area (Å²) in [5.41, 5.74) is 2.90. The van der Waals surface area contributed by atoms with E-state index >= 15 is 0 Å². The van der Waals surface area contributed by atoms with Crippen molar-refractivity contribution in [2.45, 2.75) is 12.8 Å². The third-order valence-corrected chi connectivity index (χ3v) is 7.10. The third-order valence-electron chi connectivity index (χ3n) is 7.10. The summed E-state index contributed by atoms with van der Waals surface area (Å²) in [4.78, 5) is 38.0. The molecule has 0 saturated carbocycles. The number of anilines is 2. The Bertz CT molecular complexity index is 1440. The Labute approximate surface area is 273 Å². The molecular formula is C32H38MnN6O6. The fraction of sp³-hybridized carbons (Fsp3) is 0.312. The second-order valence-corrected chi connectivity index (χ2v) is 10.5. The zero-order chi connectivity index (χ0) is 31.6. The van der Waals surface area contributed by atoms with Gasteiger partial charge in [0.25, 0.3) is 11.8 Å². The number of nitrogens with zero attached hydrogens (tertiary/aromatic N) is 4. The van der Waals surface area contributed by atoms with Crippen LogP contribution in [-0.2, 0) is 26.7 Å². The van der Waals surface area contributed by atoms with E-state index < -0.39 is 0 Å². The van der Waals surface area contributed by atoms with Crippen LogP contribution in [0.5, 0.6) is 23.0 Å². The van der Waals surface area contributed by atoms with Crippen molar-refractivity contribution in [3.63, 3.8) is 0 Å². The number of phenols is 2. The molecule has 0 atom stereocenters. The fourth-order valence-corrected chi connectivity index (χ4v) is 4.77. The quantitative estimate of drug-likeness (QED) is 0.172. The molecule has 1 radical (unpaired) electrons. The fourth-order valence-electron chi connectivity index (χ4n) is 4.77. The van der Waals surface area contributed by atoms with Gasteiger partial charge in [-0.15, -0.1) is 0 Å². The minimum Gasteiger partial charge on any atom is -0.504 e. The van der Waals surface area contributed by atoms with Crippen LogP contribution < -0.4 is 20.1 Å². The van der Waals surface area contributed by atoms with Crippen LogP contribution in [0.1, 0.15) is 24.0 Å². The molecule has 2 amide bonds. The first kappa shape index (κ1) is 35.1. The summed E-state index contributed by atoms with van der Waals surface area (Å²) >= 11 is 0. The number of carbonyl (C=O) groups is 2. The van der Waals surface area contributed by atoms with Crippen molar-refractivity contribution in [2.24, 2.45) is 9.98 Å². The minimum atomic E-state index is -0.219. The molecule has 0 aromatic heterocycles. The van der Waals surface area contributed by atoms with E-state index in [1.54, 1.807) is 24.3 Å². The summed E-state index contributed by atoms with van der Waals surface area (Å²) in [6.07, 6.45) is 11.0. The van der Waals surface area contributed by atoms with E-state index in [-0.39, 0.29) is 51.9 Å². The average molecular weight is 658 g/mol. The SMILES string of the molecule is COc1cc(NC(=O)C2=CCCN(C)C2)cc(C=N/C=C\N=Cc2cc(NC(=O)C3=CCCN(C)C3)cc(OC)c2O)c1O.[Mn]. The van der Waals surface area contributed by atoms with Crippen molar-refractivity contribution in [1.29, 1.82) is 0 Å². The molecule has 0 bridgehead atoms. The molecule has 0 aliphatic carbocycles. The van der Waals surface area contributed by atoms with E-state index in [4.69, 9.17) is 9.47 Å². The molecule has 0 fully saturated rings.